The molecular formula is C22H33ClN4O. The lowest BCUT2D eigenvalue weighted by Crippen LogP contribution is -2.57. The molecule has 154 valence electrons. The average Bonchev–Trinajstić information content (AvgIpc) is 3.03. The number of hydrogen-bond acceptors (Lipinski definition) is 3. The molecule has 2 aromatic rings. The second-order valence-corrected chi connectivity index (χ2v) is 10.1. The summed E-state index contributed by atoms with van der Waals surface area (Å²) in [4.78, 5) is 25.7. The van der Waals surface area contributed by atoms with Crippen molar-refractivity contribution in [2.45, 2.75) is 59.5 Å². The van der Waals surface area contributed by atoms with E-state index >= 15 is 0 Å². The van der Waals surface area contributed by atoms with Crippen LogP contribution in [0.5, 0.6) is 0 Å². The maximum absolute atomic E-state index is 13.5. The van der Waals surface area contributed by atoms with Crippen molar-refractivity contribution in [3.8, 4) is 0 Å². The van der Waals surface area contributed by atoms with Crippen LogP contribution in [0.1, 0.15) is 58.6 Å². The number of carbonyl (C=O) groups is 1. The molecule has 0 unspecified atom stereocenters. The first-order valence-corrected chi connectivity index (χ1v) is 10.6. The van der Waals surface area contributed by atoms with Gasteiger partial charge in [-0.05, 0) is 51.2 Å². The van der Waals surface area contributed by atoms with Crippen molar-refractivity contribution in [1.82, 2.24) is 19.8 Å². The Hall–Kier alpha value is -1.59. The number of imidazole rings is 1. The van der Waals surface area contributed by atoms with E-state index in [0.29, 0.717) is 28.2 Å². The molecule has 0 aliphatic carbocycles. The number of carbonyl (C=O) groups excluding carboxylic acids is 1. The summed E-state index contributed by atoms with van der Waals surface area (Å²) >= 11 is 6.26. The van der Waals surface area contributed by atoms with E-state index in [1.807, 2.05) is 17.0 Å². The number of para-hydroxylation sites is 1. The van der Waals surface area contributed by atoms with Crippen LogP contribution in [0.2, 0.25) is 5.02 Å². The van der Waals surface area contributed by atoms with Gasteiger partial charge in [0.25, 0.3) is 5.91 Å². The van der Waals surface area contributed by atoms with Gasteiger partial charge in [-0.25, -0.2) is 4.98 Å². The van der Waals surface area contributed by atoms with Crippen LogP contribution in [-0.4, -0.2) is 56.9 Å². The molecule has 1 aromatic carbocycles. The van der Waals surface area contributed by atoms with Gasteiger partial charge in [-0.1, -0.05) is 38.4 Å². The highest BCUT2D eigenvalue weighted by Gasteiger charge is 2.36. The molecule has 0 radical (unpaired) electrons. The normalized spacial score (nSPS) is 21.4. The summed E-state index contributed by atoms with van der Waals surface area (Å²) < 4.78 is 0. The first-order chi connectivity index (χ1) is 13.1. The van der Waals surface area contributed by atoms with Crippen molar-refractivity contribution in [3.05, 3.63) is 29.0 Å². The lowest BCUT2D eigenvalue weighted by molar-refractivity contribution is 0.0154. The van der Waals surface area contributed by atoms with E-state index in [1.54, 1.807) is 6.07 Å². The molecule has 0 saturated carbocycles. The summed E-state index contributed by atoms with van der Waals surface area (Å²) in [5, 5.41) is 0.563. The Morgan fingerprint density at radius 2 is 2.07 bits per heavy atom. The molecule has 1 aliphatic heterocycles. The number of benzene rings is 1. The molecular weight excluding hydrogens is 372 g/mol. The summed E-state index contributed by atoms with van der Waals surface area (Å²) in [5.41, 5.74) is 1.55. The quantitative estimate of drug-likeness (QED) is 0.794. The minimum atomic E-state index is -0.0334. The molecule has 1 fully saturated rings. The van der Waals surface area contributed by atoms with Gasteiger partial charge in [-0.15, -0.1) is 0 Å². The van der Waals surface area contributed by atoms with E-state index in [9.17, 15) is 4.79 Å². The van der Waals surface area contributed by atoms with Crippen LogP contribution in [0.4, 0.5) is 0 Å². The zero-order valence-corrected chi connectivity index (χ0v) is 18.7. The van der Waals surface area contributed by atoms with Gasteiger partial charge in [-0.3, -0.25) is 9.69 Å². The smallest absolute Gasteiger partial charge is 0.289 e. The molecule has 5 nitrogen and oxygen atoms in total. The SMILES string of the molecule is CC(C)CN(C(=O)c1nc2c(Cl)cccc2[nH]1)[C@H]1C[C@@H](C)CN(C(C)(C)C)C1. The van der Waals surface area contributed by atoms with Crippen LogP contribution < -0.4 is 0 Å². The minimum Gasteiger partial charge on any atom is -0.334 e. The van der Waals surface area contributed by atoms with E-state index in [0.717, 1.165) is 31.6 Å². The fraction of sp³-hybridized carbons (Fsp3) is 0.636. The predicted octanol–water partition coefficient (Wildman–Crippen LogP) is 4.82. The topological polar surface area (TPSA) is 52.2 Å². The third kappa shape index (κ3) is 4.52. The predicted molar refractivity (Wildman–Crippen MR) is 116 cm³/mol. The van der Waals surface area contributed by atoms with Crippen LogP contribution in [-0.2, 0) is 0 Å². The molecule has 0 spiro atoms. The number of aromatic amines is 1. The van der Waals surface area contributed by atoms with Crippen molar-refractivity contribution in [2.75, 3.05) is 19.6 Å². The second kappa shape index (κ2) is 8.03. The van der Waals surface area contributed by atoms with Gasteiger partial charge < -0.3 is 9.88 Å². The van der Waals surface area contributed by atoms with E-state index < -0.39 is 0 Å². The summed E-state index contributed by atoms with van der Waals surface area (Å²) in [5.74, 6) is 1.28. The molecule has 3 rings (SSSR count). The molecule has 1 N–H and O–H groups in total. The highest BCUT2D eigenvalue weighted by atomic mass is 35.5. The highest BCUT2D eigenvalue weighted by molar-refractivity contribution is 6.35. The van der Waals surface area contributed by atoms with Gasteiger partial charge >= 0.3 is 0 Å². The number of nitrogens with one attached hydrogen (secondary N) is 1. The molecule has 0 bridgehead atoms. The lowest BCUT2D eigenvalue weighted by atomic mass is 9.90. The number of halogens is 1. The van der Waals surface area contributed by atoms with E-state index in [1.165, 1.54) is 0 Å². The summed E-state index contributed by atoms with van der Waals surface area (Å²) in [7, 11) is 0. The third-order valence-corrected chi connectivity index (χ3v) is 5.82. The van der Waals surface area contributed by atoms with Crippen LogP contribution >= 0.6 is 11.6 Å². The van der Waals surface area contributed by atoms with Gasteiger partial charge in [0.15, 0.2) is 5.82 Å². The van der Waals surface area contributed by atoms with Gasteiger partial charge in [0.1, 0.15) is 5.52 Å². The molecule has 2 heterocycles. The number of aromatic nitrogens is 2. The zero-order valence-electron chi connectivity index (χ0n) is 17.9. The Morgan fingerprint density at radius 1 is 1.36 bits per heavy atom. The first-order valence-electron chi connectivity index (χ1n) is 10.3. The second-order valence-electron chi connectivity index (χ2n) is 9.64. The molecule has 6 heteroatoms. The average molecular weight is 405 g/mol. The molecule has 1 aliphatic rings. The number of fused-ring (bicyclic) bond motifs is 1. The van der Waals surface area contributed by atoms with Crippen LogP contribution in [0, 0.1) is 11.8 Å². The lowest BCUT2D eigenvalue weighted by Gasteiger charge is -2.47. The number of rotatable bonds is 4. The zero-order chi connectivity index (χ0) is 20.6. The number of hydrogen-bond donors (Lipinski definition) is 1. The Bertz CT molecular complexity index is 839. The van der Waals surface area contributed by atoms with Crippen LogP contribution in [0.25, 0.3) is 11.0 Å². The number of piperidine rings is 1. The monoisotopic (exact) mass is 404 g/mol. The molecule has 1 aromatic heterocycles. The third-order valence-electron chi connectivity index (χ3n) is 5.52. The van der Waals surface area contributed by atoms with Crippen LogP contribution in [0.3, 0.4) is 0 Å². The molecule has 2 atom stereocenters. The van der Waals surface area contributed by atoms with E-state index in [4.69, 9.17) is 11.6 Å². The maximum atomic E-state index is 13.5. The molecule has 1 saturated heterocycles. The Labute approximate surface area is 173 Å². The van der Waals surface area contributed by atoms with Crippen LogP contribution in [0.15, 0.2) is 18.2 Å². The summed E-state index contributed by atoms with van der Waals surface area (Å²) in [6.45, 7) is 16.0. The van der Waals surface area contributed by atoms with Crippen molar-refractivity contribution in [1.29, 1.82) is 0 Å². The highest BCUT2D eigenvalue weighted by Crippen LogP contribution is 2.28. The number of H-pyrrole nitrogens is 1. The molecule has 1 amide bonds. The fourth-order valence-electron chi connectivity index (χ4n) is 4.12. The van der Waals surface area contributed by atoms with Crippen molar-refractivity contribution in [2.24, 2.45) is 11.8 Å². The molecule has 28 heavy (non-hydrogen) atoms. The van der Waals surface area contributed by atoms with Crippen molar-refractivity contribution in [3.63, 3.8) is 0 Å². The number of nitrogens with zero attached hydrogens (tertiary/aromatic N) is 3. The van der Waals surface area contributed by atoms with E-state index in [2.05, 4.69) is 56.4 Å². The number of amides is 1. The number of likely N-dealkylation sites (tertiary alicyclic amines) is 1. The fourth-order valence-corrected chi connectivity index (χ4v) is 4.33. The maximum Gasteiger partial charge on any atom is 0.289 e. The Kier molecular flexibility index (Phi) is 6.06. The Morgan fingerprint density at radius 3 is 2.68 bits per heavy atom. The standard InChI is InChI=1S/C22H33ClN4O/c1-14(2)11-27(16-10-15(3)12-26(13-16)22(4,5)6)21(28)20-24-18-9-7-8-17(23)19(18)25-20/h7-9,14-16H,10-13H2,1-6H3,(H,24,25)/t15-,16+/m1/s1. The summed E-state index contributed by atoms with van der Waals surface area (Å²) in [6, 6.07) is 5.76. The first kappa shape index (κ1) is 21.1. The minimum absolute atomic E-state index is 0.0334. The van der Waals surface area contributed by atoms with Gasteiger partial charge in [0.05, 0.1) is 10.5 Å². The Balaban J connectivity index is 1.92. The van der Waals surface area contributed by atoms with Gasteiger partial charge in [0, 0.05) is 31.2 Å². The summed E-state index contributed by atoms with van der Waals surface area (Å²) in [6.07, 6.45) is 1.02. The van der Waals surface area contributed by atoms with Crippen molar-refractivity contribution < 1.29 is 4.79 Å². The van der Waals surface area contributed by atoms with E-state index in [-0.39, 0.29) is 17.5 Å². The largest absolute Gasteiger partial charge is 0.334 e. The van der Waals surface area contributed by atoms with Gasteiger partial charge in [0.2, 0.25) is 0 Å². The van der Waals surface area contributed by atoms with Gasteiger partial charge in [-0.2, -0.15) is 0 Å². The van der Waals surface area contributed by atoms with Crippen molar-refractivity contribution >= 4 is 28.5 Å².